The van der Waals surface area contributed by atoms with E-state index in [0.717, 1.165) is 29.9 Å². The zero-order valence-corrected chi connectivity index (χ0v) is 13.9. The first-order chi connectivity index (χ1) is 11.6. The van der Waals surface area contributed by atoms with Gasteiger partial charge in [0.1, 0.15) is 11.4 Å². The molecule has 1 aliphatic rings. The first kappa shape index (κ1) is 17.0. The molecule has 0 unspecified atom stereocenters. The first-order valence-corrected chi connectivity index (χ1v) is 8.22. The van der Waals surface area contributed by atoms with E-state index in [4.69, 9.17) is 4.74 Å². The van der Waals surface area contributed by atoms with Crippen LogP contribution in [0.5, 0.6) is 0 Å². The van der Waals surface area contributed by atoms with E-state index in [1.54, 1.807) is 6.07 Å². The van der Waals surface area contributed by atoms with Gasteiger partial charge in [-0.25, -0.2) is 4.39 Å². The molecule has 2 aromatic rings. The van der Waals surface area contributed by atoms with Crippen LogP contribution in [0, 0.1) is 12.7 Å². The third-order valence-corrected chi connectivity index (χ3v) is 4.41. The largest absolute Gasteiger partial charge is 0.393 e. The van der Waals surface area contributed by atoms with Crippen LogP contribution in [0.2, 0.25) is 0 Å². The van der Waals surface area contributed by atoms with E-state index in [1.165, 1.54) is 12.1 Å². The molecule has 2 heterocycles. The minimum atomic E-state index is -0.690. The van der Waals surface area contributed by atoms with Gasteiger partial charge in [-0.05, 0) is 36.2 Å². The van der Waals surface area contributed by atoms with Crippen LogP contribution in [0.3, 0.4) is 0 Å². The molecule has 0 spiro atoms. The maximum absolute atomic E-state index is 13.4. The summed E-state index contributed by atoms with van der Waals surface area (Å²) in [6, 6.07) is 10.6. The number of benzene rings is 1. The molecule has 128 valence electrons. The molecule has 4 nitrogen and oxygen atoms in total. The average molecular weight is 330 g/mol. The Kier molecular flexibility index (Phi) is 5.23. The second-order valence-electron chi connectivity index (χ2n) is 6.51. The van der Waals surface area contributed by atoms with E-state index in [-0.39, 0.29) is 12.4 Å². The van der Waals surface area contributed by atoms with E-state index in [0.29, 0.717) is 19.6 Å². The smallest absolute Gasteiger partial charge is 0.123 e. The summed E-state index contributed by atoms with van der Waals surface area (Å²) in [5.74, 6) is -0.265. The highest BCUT2D eigenvalue weighted by molar-refractivity contribution is 5.19. The van der Waals surface area contributed by atoms with Crippen LogP contribution in [-0.4, -0.2) is 46.9 Å². The van der Waals surface area contributed by atoms with Crippen molar-refractivity contribution in [3.05, 3.63) is 65.2 Å². The Morgan fingerprint density at radius 1 is 1.29 bits per heavy atom. The number of hydrogen-bond donors (Lipinski definition) is 1. The van der Waals surface area contributed by atoms with Crippen LogP contribution in [0.25, 0.3) is 0 Å². The number of halogens is 1. The summed E-state index contributed by atoms with van der Waals surface area (Å²) in [6.07, 6.45) is 2.38. The monoisotopic (exact) mass is 330 g/mol. The lowest BCUT2D eigenvalue weighted by atomic mass is 9.93. The second-order valence-corrected chi connectivity index (χ2v) is 6.51. The van der Waals surface area contributed by atoms with Crippen molar-refractivity contribution in [3.8, 4) is 0 Å². The molecule has 3 rings (SSSR count). The molecule has 0 bridgehead atoms. The van der Waals surface area contributed by atoms with Gasteiger partial charge < -0.3 is 9.84 Å². The quantitative estimate of drug-likeness (QED) is 0.914. The normalized spacial score (nSPS) is 21.8. The summed E-state index contributed by atoms with van der Waals surface area (Å²) in [4.78, 5) is 6.58. The third-order valence-electron chi connectivity index (χ3n) is 4.41. The van der Waals surface area contributed by atoms with Crippen molar-refractivity contribution in [3.63, 3.8) is 0 Å². The van der Waals surface area contributed by atoms with Gasteiger partial charge in [-0.15, -0.1) is 0 Å². The van der Waals surface area contributed by atoms with Crippen molar-refractivity contribution in [2.45, 2.75) is 25.5 Å². The van der Waals surface area contributed by atoms with E-state index >= 15 is 0 Å². The summed E-state index contributed by atoms with van der Waals surface area (Å²) in [6.45, 7) is 4.60. The predicted octanol–water partition coefficient (Wildman–Crippen LogP) is 2.34. The summed E-state index contributed by atoms with van der Waals surface area (Å²) < 4.78 is 19.3. The fourth-order valence-corrected chi connectivity index (χ4v) is 3.19. The number of morpholine rings is 1. The number of rotatable bonds is 5. The second kappa shape index (κ2) is 7.38. The molecule has 0 radical (unpaired) electrons. The van der Waals surface area contributed by atoms with Crippen molar-refractivity contribution in [2.24, 2.45) is 0 Å². The Hall–Kier alpha value is -1.82. The van der Waals surface area contributed by atoms with Gasteiger partial charge in [-0.2, -0.15) is 0 Å². The topological polar surface area (TPSA) is 45.6 Å². The molecule has 1 atom stereocenters. The van der Waals surface area contributed by atoms with Gasteiger partial charge >= 0.3 is 0 Å². The minimum Gasteiger partial charge on any atom is -0.393 e. The van der Waals surface area contributed by atoms with E-state index in [9.17, 15) is 9.50 Å². The molecule has 1 fully saturated rings. The van der Waals surface area contributed by atoms with Gasteiger partial charge in [0.05, 0.1) is 13.2 Å². The van der Waals surface area contributed by atoms with Crippen molar-refractivity contribution < 1.29 is 14.2 Å². The molecule has 1 aromatic heterocycles. The molecule has 1 N–H and O–H groups in total. The molecule has 24 heavy (non-hydrogen) atoms. The highest BCUT2D eigenvalue weighted by atomic mass is 19.1. The van der Waals surface area contributed by atoms with Gasteiger partial charge in [0.15, 0.2) is 0 Å². The maximum atomic E-state index is 13.4. The highest BCUT2D eigenvalue weighted by Crippen LogP contribution is 2.24. The van der Waals surface area contributed by atoms with Gasteiger partial charge in [-0.1, -0.05) is 18.2 Å². The lowest BCUT2D eigenvalue weighted by Crippen LogP contribution is -2.55. The number of ether oxygens (including phenoxy) is 1. The molecule has 0 aliphatic carbocycles. The summed E-state index contributed by atoms with van der Waals surface area (Å²) in [5.41, 5.74) is 2.28. The Morgan fingerprint density at radius 3 is 2.88 bits per heavy atom. The zero-order valence-electron chi connectivity index (χ0n) is 13.9. The summed E-state index contributed by atoms with van der Waals surface area (Å²) in [5, 5.41) is 9.93. The summed E-state index contributed by atoms with van der Waals surface area (Å²) >= 11 is 0. The minimum absolute atomic E-state index is 0.0911. The molecule has 5 heteroatoms. The molecule has 0 saturated carbocycles. The number of hydrogen-bond acceptors (Lipinski definition) is 4. The van der Waals surface area contributed by atoms with Crippen molar-refractivity contribution >= 4 is 0 Å². The van der Waals surface area contributed by atoms with E-state index < -0.39 is 5.60 Å². The molecular formula is C19H23FN2O2. The van der Waals surface area contributed by atoms with E-state index in [2.05, 4.69) is 16.0 Å². The number of pyridine rings is 1. The Morgan fingerprint density at radius 2 is 2.17 bits per heavy atom. The maximum Gasteiger partial charge on any atom is 0.123 e. The SMILES string of the molecule is Cc1ccc(CN2CCO[C@@](CO)(Cc3cccc(F)c3)C2)cn1. The standard InChI is InChI=1S/C19H23FN2O2/c1-15-5-6-17(11-21-15)12-22-7-8-24-19(13-22,14-23)10-16-3-2-4-18(20)9-16/h2-6,9,11,23H,7-8,10,12-14H2,1H3/t19-/m0/s1. The number of aryl methyl sites for hydroxylation is 1. The Labute approximate surface area is 141 Å². The van der Waals surface area contributed by atoms with Gasteiger partial charge in [0, 0.05) is 37.9 Å². The van der Waals surface area contributed by atoms with Crippen molar-refractivity contribution in [1.82, 2.24) is 9.88 Å². The van der Waals surface area contributed by atoms with Crippen molar-refractivity contribution in [1.29, 1.82) is 0 Å². The molecule has 1 saturated heterocycles. The average Bonchev–Trinajstić information content (AvgIpc) is 2.57. The van der Waals surface area contributed by atoms with Crippen LogP contribution >= 0.6 is 0 Å². The zero-order chi connectivity index (χ0) is 17.0. The lowest BCUT2D eigenvalue weighted by molar-refractivity contribution is -0.134. The van der Waals surface area contributed by atoms with E-state index in [1.807, 2.05) is 25.3 Å². The van der Waals surface area contributed by atoms with Crippen molar-refractivity contribution in [2.75, 3.05) is 26.3 Å². The number of aromatic nitrogens is 1. The van der Waals surface area contributed by atoms with Crippen LogP contribution in [0.1, 0.15) is 16.8 Å². The summed E-state index contributed by atoms with van der Waals surface area (Å²) in [7, 11) is 0. The van der Waals surface area contributed by atoms with Gasteiger partial charge in [0.2, 0.25) is 0 Å². The molecule has 0 amide bonds. The van der Waals surface area contributed by atoms with Crippen LogP contribution < -0.4 is 0 Å². The first-order valence-electron chi connectivity index (χ1n) is 8.22. The van der Waals surface area contributed by atoms with Crippen LogP contribution in [0.15, 0.2) is 42.6 Å². The fraction of sp³-hybridized carbons (Fsp3) is 0.421. The molecule has 1 aromatic carbocycles. The van der Waals surface area contributed by atoms with Crippen LogP contribution in [-0.2, 0) is 17.7 Å². The highest BCUT2D eigenvalue weighted by Gasteiger charge is 2.36. The molecular weight excluding hydrogens is 307 g/mol. The number of aliphatic hydroxyl groups excluding tert-OH is 1. The lowest BCUT2D eigenvalue weighted by Gasteiger charge is -2.42. The fourth-order valence-electron chi connectivity index (χ4n) is 3.19. The Balaban J connectivity index is 1.70. The Bertz CT molecular complexity index is 677. The molecule has 1 aliphatic heterocycles. The number of aliphatic hydroxyl groups is 1. The van der Waals surface area contributed by atoms with Gasteiger partial charge in [0.25, 0.3) is 0 Å². The van der Waals surface area contributed by atoms with Crippen LogP contribution in [0.4, 0.5) is 4.39 Å². The number of nitrogens with zero attached hydrogens (tertiary/aromatic N) is 2. The predicted molar refractivity (Wildman–Crippen MR) is 90.1 cm³/mol. The van der Waals surface area contributed by atoms with Gasteiger partial charge in [-0.3, -0.25) is 9.88 Å². The third kappa shape index (κ3) is 4.17.